The minimum atomic E-state index is -0.164. The van der Waals surface area contributed by atoms with Crippen LogP contribution in [0, 0.1) is 0 Å². The molecule has 116 valence electrons. The molecule has 2 rings (SSSR count). The Hall–Kier alpha value is -1.30. The van der Waals surface area contributed by atoms with E-state index in [0.29, 0.717) is 26.4 Å². The Balaban J connectivity index is 2.20. The van der Waals surface area contributed by atoms with E-state index < -0.39 is 0 Å². The summed E-state index contributed by atoms with van der Waals surface area (Å²) in [6.07, 6.45) is 0. The summed E-state index contributed by atoms with van der Waals surface area (Å²) in [5.74, 6) is 1.63. The Morgan fingerprint density at radius 2 is 2.05 bits per heavy atom. The molecule has 1 heterocycles. The van der Waals surface area contributed by atoms with Crippen LogP contribution in [-0.2, 0) is 16.0 Å². The van der Waals surface area contributed by atoms with Crippen LogP contribution in [-0.4, -0.2) is 43.6 Å². The van der Waals surface area contributed by atoms with Crippen LogP contribution in [0.3, 0.4) is 0 Å². The molecule has 1 unspecified atom stereocenters. The standard InChI is InChI=1S/C15H21ClN2O3/c1-11(16)15-17-13-10-12(20-3)4-5-14(13)18(15)6-7-21-9-8-19-2/h4-5,10-11H,6-9H2,1-3H3. The van der Waals surface area contributed by atoms with E-state index in [-0.39, 0.29) is 5.38 Å². The number of nitrogens with zero attached hydrogens (tertiary/aromatic N) is 2. The number of hydrogen-bond donors (Lipinski definition) is 0. The predicted molar refractivity (Wildman–Crippen MR) is 83.2 cm³/mol. The van der Waals surface area contributed by atoms with Gasteiger partial charge in [0.15, 0.2) is 0 Å². The van der Waals surface area contributed by atoms with Gasteiger partial charge in [-0.2, -0.15) is 0 Å². The zero-order chi connectivity index (χ0) is 15.2. The highest BCUT2D eigenvalue weighted by Gasteiger charge is 2.15. The zero-order valence-electron chi connectivity index (χ0n) is 12.6. The van der Waals surface area contributed by atoms with E-state index in [9.17, 15) is 0 Å². The van der Waals surface area contributed by atoms with E-state index in [1.807, 2.05) is 25.1 Å². The molecule has 21 heavy (non-hydrogen) atoms. The van der Waals surface area contributed by atoms with Crippen LogP contribution in [0.5, 0.6) is 5.75 Å². The molecule has 0 aliphatic rings. The number of methoxy groups -OCH3 is 2. The maximum atomic E-state index is 6.24. The van der Waals surface area contributed by atoms with Gasteiger partial charge >= 0.3 is 0 Å². The second kappa shape index (κ2) is 7.64. The minimum Gasteiger partial charge on any atom is -0.497 e. The summed E-state index contributed by atoms with van der Waals surface area (Å²) in [7, 11) is 3.31. The van der Waals surface area contributed by atoms with Crippen LogP contribution in [0.1, 0.15) is 18.1 Å². The van der Waals surface area contributed by atoms with Gasteiger partial charge in [-0.15, -0.1) is 11.6 Å². The van der Waals surface area contributed by atoms with Crippen molar-refractivity contribution >= 4 is 22.6 Å². The number of halogens is 1. The van der Waals surface area contributed by atoms with Gasteiger partial charge < -0.3 is 18.8 Å². The molecule has 0 saturated carbocycles. The fraction of sp³-hybridized carbons (Fsp3) is 0.533. The third-order valence-corrected chi connectivity index (χ3v) is 3.43. The molecule has 1 atom stereocenters. The van der Waals surface area contributed by atoms with Crippen molar-refractivity contribution in [3.63, 3.8) is 0 Å². The van der Waals surface area contributed by atoms with E-state index in [4.69, 9.17) is 25.8 Å². The molecule has 0 aliphatic heterocycles. The average Bonchev–Trinajstić information content (AvgIpc) is 2.85. The maximum absolute atomic E-state index is 6.24. The van der Waals surface area contributed by atoms with Crippen LogP contribution in [0.2, 0.25) is 0 Å². The summed E-state index contributed by atoms with van der Waals surface area (Å²) in [6.45, 7) is 4.40. The highest BCUT2D eigenvalue weighted by molar-refractivity contribution is 6.20. The van der Waals surface area contributed by atoms with Gasteiger partial charge in [-0.3, -0.25) is 0 Å². The Morgan fingerprint density at radius 3 is 2.71 bits per heavy atom. The van der Waals surface area contributed by atoms with Crippen LogP contribution >= 0.6 is 11.6 Å². The lowest BCUT2D eigenvalue weighted by molar-refractivity contribution is 0.0667. The average molecular weight is 313 g/mol. The fourth-order valence-electron chi connectivity index (χ4n) is 2.19. The molecular formula is C15H21ClN2O3. The first-order valence-corrected chi connectivity index (χ1v) is 7.36. The monoisotopic (exact) mass is 312 g/mol. The first-order valence-electron chi connectivity index (χ1n) is 6.92. The Bertz CT molecular complexity index is 584. The summed E-state index contributed by atoms with van der Waals surface area (Å²) in [6, 6.07) is 5.84. The van der Waals surface area contributed by atoms with E-state index in [2.05, 4.69) is 9.55 Å². The molecule has 2 aromatic rings. The van der Waals surface area contributed by atoms with Crippen LogP contribution < -0.4 is 4.74 Å². The van der Waals surface area contributed by atoms with Gasteiger partial charge in [0.2, 0.25) is 0 Å². The van der Waals surface area contributed by atoms with Crippen molar-refractivity contribution in [2.24, 2.45) is 0 Å². The number of benzene rings is 1. The van der Waals surface area contributed by atoms with Crippen molar-refractivity contribution in [1.29, 1.82) is 0 Å². The van der Waals surface area contributed by atoms with Gasteiger partial charge in [0.25, 0.3) is 0 Å². The van der Waals surface area contributed by atoms with Gasteiger partial charge in [-0.05, 0) is 19.1 Å². The number of imidazole rings is 1. The summed E-state index contributed by atoms with van der Waals surface area (Å²) in [5, 5.41) is -0.164. The van der Waals surface area contributed by atoms with Gasteiger partial charge in [0.05, 0.1) is 43.3 Å². The molecule has 0 aliphatic carbocycles. The summed E-state index contributed by atoms with van der Waals surface area (Å²) in [5.41, 5.74) is 1.92. The predicted octanol–water partition coefficient (Wildman–Crippen LogP) is 3.01. The third kappa shape index (κ3) is 3.87. The second-order valence-corrected chi connectivity index (χ2v) is 5.35. The molecule has 1 aromatic carbocycles. The number of rotatable bonds is 8. The molecule has 0 fully saturated rings. The summed E-state index contributed by atoms with van der Waals surface area (Å²) < 4.78 is 17.8. The summed E-state index contributed by atoms with van der Waals surface area (Å²) in [4.78, 5) is 4.61. The molecule has 5 nitrogen and oxygen atoms in total. The van der Waals surface area contributed by atoms with Gasteiger partial charge in [-0.25, -0.2) is 4.98 Å². The molecule has 0 amide bonds. The number of hydrogen-bond acceptors (Lipinski definition) is 4. The number of ether oxygens (including phenoxy) is 3. The van der Waals surface area contributed by atoms with Crippen LogP contribution in [0.15, 0.2) is 18.2 Å². The normalized spacial score (nSPS) is 12.8. The van der Waals surface area contributed by atoms with E-state index >= 15 is 0 Å². The number of aromatic nitrogens is 2. The van der Waals surface area contributed by atoms with Crippen molar-refractivity contribution in [3.8, 4) is 5.75 Å². The van der Waals surface area contributed by atoms with Gasteiger partial charge in [0, 0.05) is 19.7 Å². The van der Waals surface area contributed by atoms with Crippen LogP contribution in [0.25, 0.3) is 11.0 Å². The van der Waals surface area contributed by atoms with Gasteiger partial charge in [0.1, 0.15) is 11.6 Å². The van der Waals surface area contributed by atoms with Crippen molar-refractivity contribution in [2.45, 2.75) is 18.8 Å². The number of alkyl halides is 1. The Labute approximate surface area is 129 Å². The lowest BCUT2D eigenvalue weighted by atomic mass is 10.3. The first-order chi connectivity index (χ1) is 10.2. The topological polar surface area (TPSA) is 45.5 Å². The smallest absolute Gasteiger partial charge is 0.127 e. The highest BCUT2D eigenvalue weighted by atomic mass is 35.5. The van der Waals surface area contributed by atoms with E-state index in [1.165, 1.54) is 0 Å². The molecular weight excluding hydrogens is 292 g/mol. The first kappa shape index (κ1) is 16.1. The van der Waals surface area contributed by atoms with Crippen LogP contribution in [0.4, 0.5) is 0 Å². The molecule has 0 saturated heterocycles. The van der Waals surface area contributed by atoms with E-state index in [1.54, 1.807) is 14.2 Å². The zero-order valence-corrected chi connectivity index (χ0v) is 13.4. The third-order valence-electron chi connectivity index (χ3n) is 3.23. The Kier molecular flexibility index (Phi) is 5.85. The molecule has 0 bridgehead atoms. The minimum absolute atomic E-state index is 0.164. The molecule has 6 heteroatoms. The molecule has 0 N–H and O–H groups in total. The second-order valence-electron chi connectivity index (χ2n) is 4.70. The lowest BCUT2D eigenvalue weighted by Crippen LogP contribution is -2.12. The highest BCUT2D eigenvalue weighted by Crippen LogP contribution is 2.27. The van der Waals surface area contributed by atoms with Gasteiger partial charge in [-0.1, -0.05) is 0 Å². The summed E-state index contributed by atoms with van der Waals surface area (Å²) >= 11 is 6.24. The SMILES string of the molecule is COCCOCCn1c(C(C)Cl)nc2cc(OC)ccc21. The van der Waals surface area contributed by atoms with E-state index in [0.717, 1.165) is 22.6 Å². The van der Waals surface area contributed by atoms with Crippen molar-refractivity contribution in [1.82, 2.24) is 9.55 Å². The quantitative estimate of drug-likeness (QED) is 0.555. The van der Waals surface area contributed by atoms with Crippen molar-refractivity contribution < 1.29 is 14.2 Å². The largest absolute Gasteiger partial charge is 0.497 e. The Morgan fingerprint density at radius 1 is 1.24 bits per heavy atom. The maximum Gasteiger partial charge on any atom is 0.127 e. The van der Waals surface area contributed by atoms with Crippen molar-refractivity contribution in [2.75, 3.05) is 34.0 Å². The molecule has 0 radical (unpaired) electrons. The molecule has 1 aromatic heterocycles. The fourth-order valence-corrected chi connectivity index (χ4v) is 2.36. The lowest BCUT2D eigenvalue weighted by Gasteiger charge is -2.11. The van der Waals surface area contributed by atoms with Crippen molar-refractivity contribution in [3.05, 3.63) is 24.0 Å². The number of fused-ring (bicyclic) bond motifs is 1. The molecule has 0 spiro atoms.